The molecule has 1 aliphatic rings. The number of nitrogens with one attached hydrogen (secondary N) is 2. The number of hydrogen-bond donors (Lipinski definition) is 2. The summed E-state index contributed by atoms with van der Waals surface area (Å²) in [5.74, 6) is -1.06. The summed E-state index contributed by atoms with van der Waals surface area (Å²) in [6, 6.07) is 15.2. The lowest BCUT2D eigenvalue weighted by Gasteiger charge is -2.33. The van der Waals surface area contributed by atoms with E-state index in [-0.39, 0.29) is 31.4 Å². The molecule has 7 nitrogen and oxygen atoms in total. The van der Waals surface area contributed by atoms with Gasteiger partial charge < -0.3 is 20.3 Å². The van der Waals surface area contributed by atoms with E-state index in [0.717, 1.165) is 5.56 Å². The Morgan fingerprint density at radius 2 is 1.72 bits per heavy atom. The van der Waals surface area contributed by atoms with Crippen LogP contribution in [-0.2, 0) is 25.7 Å². The van der Waals surface area contributed by atoms with Crippen LogP contribution in [0.3, 0.4) is 0 Å². The molecular formula is C25H31N3O4. The molecule has 170 valence electrons. The first-order valence-corrected chi connectivity index (χ1v) is 10.9. The van der Waals surface area contributed by atoms with Crippen LogP contribution in [0.15, 0.2) is 54.6 Å². The van der Waals surface area contributed by atoms with Gasteiger partial charge in [-0.1, -0.05) is 48.5 Å². The van der Waals surface area contributed by atoms with Gasteiger partial charge in [0, 0.05) is 23.3 Å². The number of carbonyl (C=O) groups excluding carboxylic acids is 3. The standard InChI is InChI=1S/C25H31N3O4/c1-5-32-21(29)15-20-24(31)28(16-17-11-7-6-8-12-17)22(23(30)27-25(2,3)4)18-13-9-10-14-19(18)26-20/h6-14,20,22,26H,5,15-16H2,1-4H3,(H,27,30)/t20-,22+/m1/s1. The van der Waals surface area contributed by atoms with Gasteiger partial charge in [-0.05, 0) is 39.3 Å². The Balaban J connectivity index is 2.07. The van der Waals surface area contributed by atoms with Gasteiger partial charge >= 0.3 is 5.97 Å². The summed E-state index contributed by atoms with van der Waals surface area (Å²) in [5.41, 5.74) is 1.76. The fourth-order valence-electron chi connectivity index (χ4n) is 3.81. The number of para-hydroxylation sites is 1. The summed E-state index contributed by atoms with van der Waals surface area (Å²) in [4.78, 5) is 41.0. The molecule has 0 aliphatic carbocycles. The number of nitrogens with zero attached hydrogens (tertiary/aromatic N) is 1. The van der Waals surface area contributed by atoms with Crippen LogP contribution >= 0.6 is 0 Å². The summed E-state index contributed by atoms with van der Waals surface area (Å²) < 4.78 is 5.09. The van der Waals surface area contributed by atoms with Crippen molar-refractivity contribution < 1.29 is 19.1 Å². The molecule has 1 aliphatic heterocycles. The molecule has 2 N–H and O–H groups in total. The molecule has 1 heterocycles. The Bertz CT molecular complexity index is 969. The molecule has 2 aromatic rings. The Kier molecular flexibility index (Phi) is 7.18. The summed E-state index contributed by atoms with van der Waals surface area (Å²) in [6.45, 7) is 7.90. The van der Waals surface area contributed by atoms with E-state index in [1.165, 1.54) is 0 Å². The average molecular weight is 438 g/mol. The molecule has 0 saturated carbocycles. The summed E-state index contributed by atoms with van der Waals surface area (Å²) in [6.07, 6.45) is -0.125. The van der Waals surface area contributed by atoms with Gasteiger partial charge in [0.05, 0.1) is 13.0 Å². The third-order valence-electron chi connectivity index (χ3n) is 5.10. The van der Waals surface area contributed by atoms with Crippen molar-refractivity contribution in [3.8, 4) is 0 Å². The van der Waals surface area contributed by atoms with Crippen LogP contribution in [0.5, 0.6) is 0 Å². The topological polar surface area (TPSA) is 87.7 Å². The molecule has 2 aromatic carbocycles. The van der Waals surface area contributed by atoms with Crippen molar-refractivity contribution in [1.29, 1.82) is 0 Å². The largest absolute Gasteiger partial charge is 0.466 e. The fourth-order valence-corrected chi connectivity index (χ4v) is 3.81. The van der Waals surface area contributed by atoms with Crippen molar-refractivity contribution in [3.05, 3.63) is 65.7 Å². The third-order valence-corrected chi connectivity index (χ3v) is 5.10. The van der Waals surface area contributed by atoms with E-state index >= 15 is 0 Å². The minimum absolute atomic E-state index is 0.125. The summed E-state index contributed by atoms with van der Waals surface area (Å²) in [5, 5.41) is 6.21. The minimum Gasteiger partial charge on any atom is -0.466 e. The number of hydrogen-bond acceptors (Lipinski definition) is 5. The number of esters is 1. The molecule has 0 bridgehead atoms. The van der Waals surface area contributed by atoms with Gasteiger partial charge in [0.15, 0.2) is 0 Å². The lowest BCUT2D eigenvalue weighted by Crippen LogP contribution is -2.50. The van der Waals surface area contributed by atoms with E-state index in [1.54, 1.807) is 11.8 Å². The van der Waals surface area contributed by atoms with Gasteiger partial charge in [-0.2, -0.15) is 0 Å². The first-order valence-electron chi connectivity index (χ1n) is 10.9. The van der Waals surface area contributed by atoms with Crippen LogP contribution in [-0.4, -0.2) is 40.9 Å². The number of benzene rings is 2. The Labute approximate surface area is 189 Å². The highest BCUT2D eigenvalue weighted by atomic mass is 16.5. The maximum absolute atomic E-state index is 13.7. The smallest absolute Gasteiger partial charge is 0.308 e. The van der Waals surface area contributed by atoms with E-state index in [1.807, 2.05) is 75.4 Å². The van der Waals surface area contributed by atoms with Gasteiger partial charge in [-0.15, -0.1) is 0 Å². The van der Waals surface area contributed by atoms with Crippen molar-refractivity contribution in [3.63, 3.8) is 0 Å². The van der Waals surface area contributed by atoms with Crippen molar-refractivity contribution in [2.75, 3.05) is 11.9 Å². The zero-order valence-electron chi connectivity index (χ0n) is 19.1. The van der Waals surface area contributed by atoms with E-state index < -0.39 is 23.6 Å². The molecule has 0 aromatic heterocycles. The lowest BCUT2D eigenvalue weighted by atomic mass is 10.00. The zero-order valence-corrected chi connectivity index (χ0v) is 19.1. The van der Waals surface area contributed by atoms with Crippen LogP contribution in [0.2, 0.25) is 0 Å². The van der Waals surface area contributed by atoms with E-state index in [2.05, 4.69) is 10.6 Å². The van der Waals surface area contributed by atoms with E-state index in [4.69, 9.17) is 4.74 Å². The lowest BCUT2D eigenvalue weighted by molar-refractivity contribution is -0.148. The maximum atomic E-state index is 13.7. The normalized spacial score (nSPS) is 18.2. The maximum Gasteiger partial charge on any atom is 0.308 e. The van der Waals surface area contributed by atoms with Crippen LogP contribution in [0.1, 0.15) is 51.3 Å². The van der Waals surface area contributed by atoms with Gasteiger partial charge in [0.2, 0.25) is 11.8 Å². The van der Waals surface area contributed by atoms with Crippen molar-refractivity contribution >= 4 is 23.5 Å². The molecule has 32 heavy (non-hydrogen) atoms. The number of rotatable bonds is 6. The molecular weight excluding hydrogens is 406 g/mol. The molecule has 0 unspecified atom stereocenters. The van der Waals surface area contributed by atoms with E-state index in [9.17, 15) is 14.4 Å². The second-order valence-corrected chi connectivity index (χ2v) is 8.89. The van der Waals surface area contributed by atoms with Crippen LogP contribution in [0.4, 0.5) is 5.69 Å². The predicted octanol–water partition coefficient (Wildman–Crippen LogP) is 3.42. The molecule has 7 heteroatoms. The van der Waals surface area contributed by atoms with Crippen molar-refractivity contribution in [2.24, 2.45) is 0 Å². The van der Waals surface area contributed by atoms with Crippen LogP contribution in [0.25, 0.3) is 0 Å². The minimum atomic E-state index is -0.849. The molecule has 0 radical (unpaired) electrons. The quantitative estimate of drug-likeness (QED) is 0.676. The van der Waals surface area contributed by atoms with Crippen LogP contribution in [0, 0.1) is 0 Å². The summed E-state index contributed by atoms with van der Waals surface area (Å²) in [7, 11) is 0. The monoisotopic (exact) mass is 437 g/mol. The van der Waals surface area contributed by atoms with Gasteiger partial charge in [0.1, 0.15) is 12.1 Å². The zero-order chi connectivity index (χ0) is 23.3. The molecule has 2 amide bonds. The predicted molar refractivity (Wildman–Crippen MR) is 123 cm³/mol. The SMILES string of the molecule is CCOC(=O)C[C@H]1Nc2ccccc2[C@@H](C(=O)NC(C)(C)C)N(Cc2ccccc2)C1=O. The second kappa shape index (κ2) is 9.85. The van der Waals surface area contributed by atoms with Crippen molar-refractivity contribution in [2.45, 2.75) is 58.3 Å². The highest BCUT2D eigenvalue weighted by Crippen LogP contribution is 2.34. The van der Waals surface area contributed by atoms with E-state index in [0.29, 0.717) is 11.3 Å². The Hall–Kier alpha value is -3.35. The highest BCUT2D eigenvalue weighted by Gasteiger charge is 2.41. The summed E-state index contributed by atoms with van der Waals surface area (Å²) >= 11 is 0. The molecule has 3 rings (SSSR count). The third kappa shape index (κ3) is 5.66. The first kappa shape index (κ1) is 23.3. The van der Waals surface area contributed by atoms with Crippen LogP contribution < -0.4 is 10.6 Å². The van der Waals surface area contributed by atoms with Gasteiger partial charge in [-0.25, -0.2) is 0 Å². The molecule has 0 fully saturated rings. The highest BCUT2D eigenvalue weighted by molar-refractivity contribution is 5.96. The molecule has 2 atom stereocenters. The average Bonchev–Trinajstić information content (AvgIpc) is 2.83. The number of anilines is 1. The Morgan fingerprint density at radius 3 is 2.38 bits per heavy atom. The Morgan fingerprint density at radius 1 is 1.06 bits per heavy atom. The fraction of sp³-hybridized carbons (Fsp3) is 0.400. The number of carbonyl (C=O) groups is 3. The van der Waals surface area contributed by atoms with Crippen molar-refractivity contribution in [1.82, 2.24) is 10.2 Å². The number of ether oxygens (including phenoxy) is 1. The number of amides is 2. The molecule has 0 spiro atoms. The molecule has 0 saturated heterocycles. The number of fused-ring (bicyclic) bond motifs is 1. The first-order chi connectivity index (χ1) is 15.2. The van der Waals surface area contributed by atoms with Gasteiger partial charge in [0.25, 0.3) is 0 Å². The second-order valence-electron chi connectivity index (χ2n) is 8.89. The van der Waals surface area contributed by atoms with Gasteiger partial charge in [-0.3, -0.25) is 14.4 Å².